The van der Waals surface area contributed by atoms with Crippen LogP contribution in [0.5, 0.6) is 5.75 Å². The van der Waals surface area contributed by atoms with Gasteiger partial charge < -0.3 is 14.6 Å². The molecular weight excluding hydrogens is 423 g/mol. The third kappa shape index (κ3) is 4.50. The molecule has 2 aromatic carbocycles. The van der Waals surface area contributed by atoms with Crippen molar-refractivity contribution in [2.75, 3.05) is 11.9 Å². The van der Waals surface area contributed by atoms with Gasteiger partial charge in [-0.25, -0.2) is 9.07 Å². The van der Waals surface area contributed by atoms with Crippen LogP contribution in [0.3, 0.4) is 0 Å². The quantitative estimate of drug-likeness (QED) is 0.463. The molecule has 0 aliphatic rings. The number of hydrogen-bond acceptors (Lipinski definition) is 4. The number of benzene rings is 2. The van der Waals surface area contributed by atoms with Gasteiger partial charge in [0.05, 0.1) is 24.7 Å². The van der Waals surface area contributed by atoms with Crippen LogP contribution >= 0.6 is 0 Å². The van der Waals surface area contributed by atoms with Crippen molar-refractivity contribution in [3.05, 3.63) is 87.9 Å². The van der Waals surface area contributed by atoms with Gasteiger partial charge in [-0.1, -0.05) is 18.2 Å². The molecule has 8 heteroatoms. The van der Waals surface area contributed by atoms with Crippen LogP contribution in [-0.4, -0.2) is 26.9 Å². The SMILES string of the molecule is CCOc1ccc(NC(=O)Cn2ncc3c(C)n(Cc4ccccc4F)c(C)c3c2=O)cc1. The zero-order valence-corrected chi connectivity index (χ0v) is 18.8. The Balaban J connectivity index is 1.58. The van der Waals surface area contributed by atoms with Gasteiger partial charge in [0.2, 0.25) is 5.91 Å². The van der Waals surface area contributed by atoms with Crippen LogP contribution in [0.2, 0.25) is 0 Å². The highest BCUT2D eigenvalue weighted by molar-refractivity contribution is 5.91. The maximum Gasteiger partial charge on any atom is 0.276 e. The number of aromatic nitrogens is 3. The lowest BCUT2D eigenvalue weighted by Crippen LogP contribution is -2.29. The number of aryl methyl sites for hydroxylation is 2. The molecule has 1 N–H and O–H groups in total. The number of nitrogens with zero attached hydrogens (tertiary/aromatic N) is 3. The first-order chi connectivity index (χ1) is 15.9. The molecule has 0 saturated heterocycles. The van der Waals surface area contributed by atoms with E-state index in [1.807, 2.05) is 25.3 Å². The fourth-order valence-corrected chi connectivity index (χ4v) is 3.93. The van der Waals surface area contributed by atoms with Crippen LogP contribution in [0, 0.1) is 19.7 Å². The maximum absolute atomic E-state index is 14.2. The Bertz CT molecular complexity index is 1370. The monoisotopic (exact) mass is 448 g/mol. The van der Waals surface area contributed by atoms with Crippen molar-refractivity contribution in [1.29, 1.82) is 0 Å². The van der Waals surface area contributed by atoms with Gasteiger partial charge in [0.15, 0.2) is 0 Å². The first-order valence-electron chi connectivity index (χ1n) is 10.7. The van der Waals surface area contributed by atoms with Crippen molar-refractivity contribution < 1.29 is 13.9 Å². The van der Waals surface area contributed by atoms with Gasteiger partial charge in [-0.15, -0.1) is 0 Å². The minimum Gasteiger partial charge on any atom is -0.494 e. The van der Waals surface area contributed by atoms with Crippen LogP contribution in [0.15, 0.2) is 59.5 Å². The molecule has 170 valence electrons. The standard InChI is InChI=1S/C25H25FN4O3/c1-4-33-20-11-9-19(10-12-20)28-23(31)15-30-25(32)24-17(3)29(16(2)21(24)13-27-30)14-18-7-5-6-8-22(18)26/h5-13H,4,14-15H2,1-3H3,(H,28,31). The lowest BCUT2D eigenvalue weighted by atomic mass is 10.2. The zero-order valence-electron chi connectivity index (χ0n) is 18.8. The smallest absolute Gasteiger partial charge is 0.276 e. The van der Waals surface area contributed by atoms with Crippen molar-refractivity contribution >= 4 is 22.4 Å². The molecule has 0 atom stereocenters. The highest BCUT2D eigenvalue weighted by atomic mass is 19.1. The molecule has 2 aromatic heterocycles. The number of halogens is 1. The highest BCUT2D eigenvalue weighted by Gasteiger charge is 2.18. The van der Waals surface area contributed by atoms with Gasteiger partial charge in [0.1, 0.15) is 18.1 Å². The molecule has 1 amide bonds. The molecule has 4 aromatic rings. The van der Waals surface area contributed by atoms with Crippen LogP contribution in [0.4, 0.5) is 10.1 Å². The summed E-state index contributed by atoms with van der Waals surface area (Å²) in [6.45, 7) is 6.23. The second-order valence-corrected chi connectivity index (χ2v) is 7.75. The molecule has 7 nitrogen and oxygen atoms in total. The van der Waals surface area contributed by atoms with E-state index in [0.29, 0.717) is 46.6 Å². The zero-order chi connectivity index (χ0) is 23.5. The number of rotatable bonds is 7. The van der Waals surface area contributed by atoms with E-state index in [9.17, 15) is 14.0 Å². The molecule has 0 bridgehead atoms. The number of carbonyl (C=O) groups excluding carboxylic acids is 1. The fourth-order valence-electron chi connectivity index (χ4n) is 3.93. The molecule has 0 aliphatic heterocycles. The van der Waals surface area contributed by atoms with Crippen molar-refractivity contribution in [2.45, 2.75) is 33.9 Å². The Labute approximate surface area is 190 Å². The van der Waals surface area contributed by atoms with E-state index in [2.05, 4.69) is 10.4 Å². The van der Waals surface area contributed by atoms with Gasteiger partial charge in [-0.2, -0.15) is 5.10 Å². The minimum absolute atomic E-state index is 0.223. The molecule has 33 heavy (non-hydrogen) atoms. The summed E-state index contributed by atoms with van der Waals surface area (Å²) in [5.74, 6) is 0.0494. The van der Waals surface area contributed by atoms with Gasteiger partial charge in [-0.05, 0) is 51.1 Å². The number of carbonyl (C=O) groups is 1. The first kappa shape index (κ1) is 22.3. The lowest BCUT2D eigenvalue weighted by Gasteiger charge is -2.10. The van der Waals surface area contributed by atoms with E-state index in [1.165, 1.54) is 6.07 Å². The van der Waals surface area contributed by atoms with Gasteiger partial charge >= 0.3 is 0 Å². The third-order valence-electron chi connectivity index (χ3n) is 5.63. The average Bonchev–Trinajstić information content (AvgIpc) is 3.03. The van der Waals surface area contributed by atoms with Crippen LogP contribution < -0.4 is 15.6 Å². The molecule has 0 spiro atoms. The summed E-state index contributed by atoms with van der Waals surface area (Å²) in [6.07, 6.45) is 1.58. The number of hydrogen-bond donors (Lipinski definition) is 1. The van der Waals surface area contributed by atoms with Gasteiger partial charge in [-0.3, -0.25) is 9.59 Å². The van der Waals surface area contributed by atoms with E-state index in [-0.39, 0.29) is 23.8 Å². The fraction of sp³-hybridized carbons (Fsp3) is 0.240. The molecule has 0 radical (unpaired) electrons. The van der Waals surface area contributed by atoms with Crippen molar-refractivity contribution in [2.24, 2.45) is 0 Å². The predicted molar refractivity (Wildman–Crippen MR) is 125 cm³/mol. The topological polar surface area (TPSA) is 78.2 Å². The Morgan fingerprint density at radius 1 is 1.09 bits per heavy atom. The Kier molecular flexibility index (Phi) is 6.26. The second kappa shape index (κ2) is 9.28. The summed E-state index contributed by atoms with van der Waals surface area (Å²) in [5.41, 5.74) is 2.30. The van der Waals surface area contributed by atoms with Gasteiger partial charge in [0, 0.05) is 28.0 Å². The largest absolute Gasteiger partial charge is 0.494 e. The van der Waals surface area contributed by atoms with E-state index in [4.69, 9.17) is 4.74 Å². The van der Waals surface area contributed by atoms with E-state index in [0.717, 1.165) is 10.4 Å². The van der Waals surface area contributed by atoms with Crippen molar-refractivity contribution in [3.63, 3.8) is 0 Å². The molecule has 0 aliphatic carbocycles. The van der Waals surface area contributed by atoms with Crippen molar-refractivity contribution in [1.82, 2.24) is 14.3 Å². The third-order valence-corrected chi connectivity index (χ3v) is 5.63. The lowest BCUT2D eigenvalue weighted by molar-refractivity contribution is -0.117. The van der Waals surface area contributed by atoms with Crippen LogP contribution in [0.1, 0.15) is 23.9 Å². The predicted octanol–water partition coefficient (Wildman–Crippen LogP) is 4.04. The first-order valence-corrected chi connectivity index (χ1v) is 10.7. The Morgan fingerprint density at radius 3 is 2.52 bits per heavy atom. The normalized spacial score (nSPS) is 11.0. The highest BCUT2D eigenvalue weighted by Crippen LogP contribution is 2.24. The summed E-state index contributed by atoms with van der Waals surface area (Å²) < 4.78 is 22.6. The molecule has 0 saturated carbocycles. The molecule has 4 rings (SSSR count). The summed E-state index contributed by atoms with van der Waals surface area (Å²) >= 11 is 0. The average molecular weight is 448 g/mol. The Hall–Kier alpha value is -3.94. The number of fused-ring (bicyclic) bond motifs is 1. The number of nitrogens with one attached hydrogen (secondary N) is 1. The van der Waals surface area contributed by atoms with Crippen molar-refractivity contribution in [3.8, 4) is 5.75 Å². The van der Waals surface area contributed by atoms with Crippen LogP contribution in [0.25, 0.3) is 10.8 Å². The number of ether oxygens (including phenoxy) is 1. The number of amides is 1. The van der Waals surface area contributed by atoms with Gasteiger partial charge in [0.25, 0.3) is 5.56 Å². The molecule has 0 fully saturated rings. The minimum atomic E-state index is -0.367. The molecular formula is C25H25FN4O3. The summed E-state index contributed by atoms with van der Waals surface area (Å²) in [5, 5.41) is 8.14. The maximum atomic E-state index is 14.2. The van der Waals surface area contributed by atoms with E-state index in [1.54, 1.807) is 48.7 Å². The molecule has 2 heterocycles. The second-order valence-electron chi connectivity index (χ2n) is 7.75. The van der Waals surface area contributed by atoms with Crippen LogP contribution in [-0.2, 0) is 17.9 Å². The number of anilines is 1. The summed E-state index contributed by atoms with van der Waals surface area (Å²) in [6, 6.07) is 13.6. The van der Waals surface area contributed by atoms with E-state index >= 15 is 0 Å². The van der Waals surface area contributed by atoms with E-state index < -0.39 is 0 Å². The Morgan fingerprint density at radius 2 is 1.82 bits per heavy atom. The summed E-state index contributed by atoms with van der Waals surface area (Å²) in [7, 11) is 0. The molecule has 0 unspecified atom stereocenters. The summed E-state index contributed by atoms with van der Waals surface area (Å²) in [4.78, 5) is 25.7.